The molecule has 0 radical (unpaired) electrons. The van der Waals surface area contributed by atoms with Gasteiger partial charge in [0, 0.05) is 16.2 Å². The first-order chi connectivity index (χ1) is 11.4. The van der Waals surface area contributed by atoms with Crippen molar-refractivity contribution in [2.75, 3.05) is 7.11 Å². The number of pyridine rings is 1. The minimum absolute atomic E-state index is 0.905. The van der Waals surface area contributed by atoms with Gasteiger partial charge in [0.15, 0.2) is 0 Å². The third-order valence-electron chi connectivity index (χ3n) is 4.64. The molecule has 0 unspecified atom stereocenters. The second kappa shape index (κ2) is 4.50. The molecule has 0 N–H and O–H groups in total. The molecule has 0 aliphatic rings. The van der Waals surface area contributed by atoms with Crippen molar-refractivity contribution < 1.29 is 4.74 Å². The Morgan fingerprint density at radius 2 is 1.39 bits per heavy atom. The summed E-state index contributed by atoms with van der Waals surface area (Å²) in [6.07, 6.45) is 0. The van der Waals surface area contributed by atoms with Gasteiger partial charge < -0.3 is 9.14 Å². The number of nitrogens with zero attached hydrogens (tertiary/aromatic N) is 1. The molecule has 110 valence electrons. The average Bonchev–Trinajstić information content (AvgIpc) is 3.02. The molecule has 0 saturated heterocycles. The van der Waals surface area contributed by atoms with Crippen molar-refractivity contribution in [3.05, 3.63) is 72.8 Å². The Morgan fingerprint density at radius 3 is 2.17 bits per heavy atom. The van der Waals surface area contributed by atoms with E-state index in [0.29, 0.717) is 0 Å². The van der Waals surface area contributed by atoms with Crippen LogP contribution in [0.2, 0.25) is 0 Å². The molecule has 23 heavy (non-hydrogen) atoms. The molecule has 0 atom stereocenters. The maximum absolute atomic E-state index is 5.63. The molecular weight excluding hydrogens is 282 g/mol. The highest BCUT2D eigenvalue weighted by Crippen LogP contribution is 2.36. The first-order valence-corrected chi connectivity index (χ1v) is 7.76. The maximum Gasteiger partial charge on any atom is 0.143 e. The fourth-order valence-corrected chi connectivity index (χ4v) is 3.68. The van der Waals surface area contributed by atoms with Crippen LogP contribution in [0.4, 0.5) is 0 Å². The fourth-order valence-electron chi connectivity index (χ4n) is 3.68. The van der Waals surface area contributed by atoms with Gasteiger partial charge in [0.2, 0.25) is 0 Å². The molecule has 2 nitrogen and oxygen atoms in total. The lowest BCUT2D eigenvalue weighted by atomic mass is 10.1. The number of hydrogen-bond donors (Lipinski definition) is 0. The highest BCUT2D eigenvalue weighted by Gasteiger charge is 2.14. The highest BCUT2D eigenvalue weighted by molar-refractivity contribution is 6.16. The Balaban J connectivity index is 2.21. The predicted molar refractivity (Wildman–Crippen MR) is 96.5 cm³/mol. The van der Waals surface area contributed by atoms with Gasteiger partial charge in [-0.25, -0.2) is 0 Å². The van der Waals surface area contributed by atoms with Gasteiger partial charge >= 0.3 is 0 Å². The molecule has 5 rings (SSSR count). The standard InChI is InChI=1S/C21H15NO/c1-23-20-12-6-7-14-13-19-17-10-3-2-8-15(17)16-9-4-5-11-18(16)22(19)21(14)20/h2-13H,1H3. The zero-order valence-electron chi connectivity index (χ0n) is 12.8. The van der Waals surface area contributed by atoms with E-state index in [1.54, 1.807) is 7.11 Å². The summed E-state index contributed by atoms with van der Waals surface area (Å²) in [5.41, 5.74) is 3.56. The summed E-state index contributed by atoms with van der Waals surface area (Å²) in [5, 5.41) is 5.02. The van der Waals surface area contributed by atoms with Gasteiger partial charge in [-0.3, -0.25) is 0 Å². The van der Waals surface area contributed by atoms with Crippen molar-refractivity contribution in [1.29, 1.82) is 0 Å². The second-order valence-corrected chi connectivity index (χ2v) is 5.83. The van der Waals surface area contributed by atoms with Crippen LogP contribution in [0.3, 0.4) is 0 Å². The van der Waals surface area contributed by atoms with Crippen LogP contribution in [0.5, 0.6) is 5.75 Å². The Labute approximate surface area is 133 Å². The van der Waals surface area contributed by atoms with Crippen LogP contribution < -0.4 is 4.74 Å². The number of para-hydroxylation sites is 2. The van der Waals surface area contributed by atoms with E-state index in [1.165, 1.54) is 32.6 Å². The minimum atomic E-state index is 0.905. The van der Waals surface area contributed by atoms with Crippen LogP contribution >= 0.6 is 0 Å². The van der Waals surface area contributed by atoms with Crippen molar-refractivity contribution in [2.24, 2.45) is 0 Å². The van der Waals surface area contributed by atoms with E-state index >= 15 is 0 Å². The summed E-state index contributed by atoms with van der Waals surface area (Å²) in [5.74, 6) is 0.905. The third kappa shape index (κ3) is 1.58. The van der Waals surface area contributed by atoms with Crippen LogP contribution in [0.15, 0.2) is 72.8 Å². The molecule has 2 aromatic heterocycles. The average molecular weight is 297 g/mol. The third-order valence-corrected chi connectivity index (χ3v) is 4.64. The molecule has 0 bridgehead atoms. The summed E-state index contributed by atoms with van der Waals surface area (Å²) in [7, 11) is 1.73. The molecule has 0 amide bonds. The zero-order chi connectivity index (χ0) is 15.4. The lowest BCUT2D eigenvalue weighted by Crippen LogP contribution is -1.92. The van der Waals surface area contributed by atoms with E-state index in [2.05, 4.69) is 65.1 Å². The zero-order valence-corrected chi connectivity index (χ0v) is 12.8. The molecule has 0 aliphatic carbocycles. The van der Waals surface area contributed by atoms with Crippen molar-refractivity contribution >= 4 is 38.1 Å². The molecule has 2 heterocycles. The lowest BCUT2D eigenvalue weighted by Gasteiger charge is -2.11. The predicted octanol–water partition coefficient (Wildman–Crippen LogP) is 5.41. The van der Waals surface area contributed by atoms with E-state index in [9.17, 15) is 0 Å². The Hall–Kier alpha value is -3.00. The van der Waals surface area contributed by atoms with Crippen molar-refractivity contribution in [1.82, 2.24) is 4.40 Å². The van der Waals surface area contributed by atoms with Gasteiger partial charge in [0.25, 0.3) is 0 Å². The Kier molecular flexibility index (Phi) is 2.45. The van der Waals surface area contributed by atoms with E-state index in [4.69, 9.17) is 4.74 Å². The van der Waals surface area contributed by atoms with Crippen LogP contribution in [0.1, 0.15) is 0 Å². The van der Waals surface area contributed by atoms with Crippen LogP contribution in [-0.2, 0) is 0 Å². The normalized spacial score (nSPS) is 11.7. The van der Waals surface area contributed by atoms with Crippen LogP contribution in [0, 0.1) is 0 Å². The van der Waals surface area contributed by atoms with E-state index in [1.807, 2.05) is 12.1 Å². The molecule has 0 saturated carbocycles. The van der Waals surface area contributed by atoms with Crippen molar-refractivity contribution in [3.8, 4) is 5.75 Å². The van der Waals surface area contributed by atoms with Gasteiger partial charge in [0.1, 0.15) is 5.75 Å². The number of benzene rings is 3. The number of rotatable bonds is 1. The minimum Gasteiger partial charge on any atom is -0.495 e. The Bertz CT molecular complexity index is 1200. The van der Waals surface area contributed by atoms with E-state index < -0.39 is 0 Å². The highest BCUT2D eigenvalue weighted by atomic mass is 16.5. The smallest absolute Gasteiger partial charge is 0.143 e. The topological polar surface area (TPSA) is 13.6 Å². The van der Waals surface area contributed by atoms with Crippen molar-refractivity contribution in [2.45, 2.75) is 0 Å². The monoisotopic (exact) mass is 297 g/mol. The SMILES string of the molecule is COc1cccc2cc3c4ccccc4c4ccccc4n3c12. The summed E-state index contributed by atoms with van der Waals surface area (Å²) < 4.78 is 7.96. The maximum atomic E-state index is 5.63. The summed E-state index contributed by atoms with van der Waals surface area (Å²) in [6, 6.07) is 25.7. The molecule has 2 heteroatoms. The summed E-state index contributed by atoms with van der Waals surface area (Å²) >= 11 is 0. The van der Waals surface area contributed by atoms with Gasteiger partial charge in [-0.15, -0.1) is 0 Å². The number of hydrogen-bond acceptors (Lipinski definition) is 1. The van der Waals surface area contributed by atoms with Crippen LogP contribution in [0.25, 0.3) is 38.1 Å². The van der Waals surface area contributed by atoms with E-state index in [0.717, 1.165) is 11.3 Å². The lowest BCUT2D eigenvalue weighted by molar-refractivity contribution is 0.419. The largest absolute Gasteiger partial charge is 0.495 e. The Morgan fingerprint density at radius 1 is 0.696 bits per heavy atom. The second-order valence-electron chi connectivity index (χ2n) is 5.83. The summed E-state index contributed by atoms with van der Waals surface area (Å²) in [4.78, 5) is 0. The molecule has 3 aromatic carbocycles. The molecule has 0 fully saturated rings. The van der Waals surface area contributed by atoms with Gasteiger partial charge in [-0.2, -0.15) is 0 Å². The first-order valence-electron chi connectivity index (χ1n) is 7.76. The number of methoxy groups -OCH3 is 1. The van der Waals surface area contributed by atoms with Gasteiger partial charge in [-0.1, -0.05) is 54.6 Å². The number of aromatic nitrogens is 1. The number of ether oxygens (including phenoxy) is 1. The summed E-state index contributed by atoms with van der Waals surface area (Å²) in [6.45, 7) is 0. The van der Waals surface area contributed by atoms with Crippen molar-refractivity contribution in [3.63, 3.8) is 0 Å². The molecule has 0 spiro atoms. The number of fused-ring (bicyclic) bond motifs is 8. The van der Waals surface area contributed by atoms with Crippen LogP contribution in [-0.4, -0.2) is 11.5 Å². The van der Waals surface area contributed by atoms with E-state index in [-0.39, 0.29) is 0 Å². The molecular formula is C21H15NO. The van der Waals surface area contributed by atoms with Gasteiger partial charge in [-0.05, 0) is 23.6 Å². The molecule has 0 aliphatic heterocycles. The molecule has 5 aromatic rings. The fraction of sp³-hybridized carbons (Fsp3) is 0.0476. The quantitative estimate of drug-likeness (QED) is 0.377. The van der Waals surface area contributed by atoms with Gasteiger partial charge in [0.05, 0.1) is 23.7 Å². The first kappa shape index (κ1) is 12.5.